The maximum atomic E-state index is 5.31. The van der Waals surface area contributed by atoms with Crippen molar-refractivity contribution in [3.8, 4) is 11.6 Å². The number of nitrogens with one attached hydrogen (secondary N) is 2. The number of aliphatic imine (C=N–C) groups is 1. The molecule has 0 fully saturated rings. The second kappa shape index (κ2) is 9.19. The molecule has 8 heteroatoms. The van der Waals surface area contributed by atoms with Crippen LogP contribution in [0.2, 0.25) is 0 Å². The lowest BCUT2D eigenvalue weighted by Gasteiger charge is -2.21. The Hall–Kier alpha value is -2.61. The van der Waals surface area contributed by atoms with Crippen LogP contribution in [0.15, 0.2) is 45.3 Å². The average Bonchev–Trinajstić information content (AvgIpc) is 3.41. The van der Waals surface area contributed by atoms with E-state index in [1.807, 2.05) is 12.1 Å². The molecule has 0 radical (unpaired) electrons. The van der Waals surface area contributed by atoms with Gasteiger partial charge in [0.1, 0.15) is 5.82 Å². The van der Waals surface area contributed by atoms with Crippen LogP contribution in [0.5, 0.6) is 0 Å². The summed E-state index contributed by atoms with van der Waals surface area (Å²) in [6.07, 6.45) is 3.33. The minimum atomic E-state index is 0.578. The van der Waals surface area contributed by atoms with Crippen molar-refractivity contribution in [1.29, 1.82) is 0 Å². The molecule has 0 saturated heterocycles. The second-order valence-corrected chi connectivity index (χ2v) is 6.85. The molecule has 3 rings (SSSR count). The van der Waals surface area contributed by atoms with Crippen LogP contribution in [0.3, 0.4) is 0 Å². The monoisotopic (exact) mass is 372 g/mol. The number of aromatic nitrogens is 3. The Kier molecular flexibility index (Phi) is 6.43. The van der Waals surface area contributed by atoms with Gasteiger partial charge in [-0.25, -0.2) is 4.98 Å². The number of H-pyrrole nitrogens is 1. The van der Waals surface area contributed by atoms with Gasteiger partial charge in [-0.1, -0.05) is 6.07 Å². The van der Waals surface area contributed by atoms with Gasteiger partial charge < -0.3 is 14.6 Å². The van der Waals surface area contributed by atoms with E-state index in [0.717, 1.165) is 31.3 Å². The van der Waals surface area contributed by atoms with Crippen molar-refractivity contribution in [2.24, 2.45) is 4.99 Å². The number of guanidine groups is 1. The third-order valence-corrected chi connectivity index (χ3v) is 4.79. The van der Waals surface area contributed by atoms with Gasteiger partial charge in [-0.2, -0.15) is 5.10 Å². The standard InChI is InChI=1S/C18H24N6OS/c1-3-19-18(24(2)11-9-14-6-5-13-26-14)20-10-8-16-21-17(23-22-16)15-7-4-12-25-15/h4-7,12-13H,3,8-11H2,1-2H3,(H,19,20)(H,21,22,23). The molecule has 3 aromatic rings. The molecule has 0 aromatic carbocycles. The summed E-state index contributed by atoms with van der Waals surface area (Å²) < 4.78 is 5.31. The second-order valence-electron chi connectivity index (χ2n) is 5.82. The van der Waals surface area contributed by atoms with Crippen molar-refractivity contribution in [3.05, 3.63) is 46.6 Å². The van der Waals surface area contributed by atoms with E-state index >= 15 is 0 Å². The van der Waals surface area contributed by atoms with Gasteiger partial charge in [-0.3, -0.25) is 10.1 Å². The molecule has 0 aliphatic rings. The molecular formula is C18H24N6OS. The highest BCUT2D eigenvalue weighted by molar-refractivity contribution is 7.09. The van der Waals surface area contributed by atoms with E-state index in [2.05, 4.69) is 56.9 Å². The molecule has 26 heavy (non-hydrogen) atoms. The quantitative estimate of drug-likeness (QED) is 0.469. The Bertz CT molecular complexity index is 794. The zero-order chi connectivity index (χ0) is 18.2. The van der Waals surface area contributed by atoms with Crippen LogP contribution >= 0.6 is 11.3 Å². The number of likely N-dealkylation sites (N-methyl/N-ethyl adjacent to an activating group) is 1. The highest BCUT2D eigenvalue weighted by Gasteiger charge is 2.09. The topological polar surface area (TPSA) is 82.3 Å². The van der Waals surface area contributed by atoms with Crippen molar-refractivity contribution in [2.75, 3.05) is 26.7 Å². The average molecular weight is 372 g/mol. The van der Waals surface area contributed by atoms with Gasteiger partial charge >= 0.3 is 0 Å². The molecule has 0 bridgehead atoms. The van der Waals surface area contributed by atoms with E-state index in [0.29, 0.717) is 24.6 Å². The fourth-order valence-corrected chi connectivity index (χ4v) is 3.20. The Labute approximate surface area is 157 Å². The SMILES string of the molecule is CCNC(=NCCc1nc(-c2ccco2)n[nH]1)N(C)CCc1cccs1. The first-order valence-electron chi connectivity index (χ1n) is 8.73. The van der Waals surface area contributed by atoms with Crippen LogP contribution in [0, 0.1) is 0 Å². The summed E-state index contributed by atoms with van der Waals surface area (Å²) in [6, 6.07) is 7.93. The van der Waals surface area contributed by atoms with Crippen LogP contribution in [0.25, 0.3) is 11.6 Å². The molecule has 0 unspecified atom stereocenters. The summed E-state index contributed by atoms with van der Waals surface area (Å²) in [5, 5.41) is 12.6. The molecular weight excluding hydrogens is 348 g/mol. The summed E-state index contributed by atoms with van der Waals surface area (Å²) in [6.45, 7) is 4.48. The zero-order valence-corrected chi connectivity index (χ0v) is 15.9. The van der Waals surface area contributed by atoms with Gasteiger partial charge in [0.15, 0.2) is 11.7 Å². The molecule has 7 nitrogen and oxygen atoms in total. The van der Waals surface area contributed by atoms with E-state index < -0.39 is 0 Å². The number of nitrogens with zero attached hydrogens (tertiary/aromatic N) is 4. The Morgan fingerprint density at radius 3 is 3.00 bits per heavy atom. The molecule has 0 amide bonds. The van der Waals surface area contributed by atoms with Gasteiger partial charge in [-0.05, 0) is 36.9 Å². The third kappa shape index (κ3) is 4.95. The molecule has 138 valence electrons. The molecule has 0 saturated carbocycles. The van der Waals surface area contributed by atoms with Crippen molar-refractivity contribution in [1.82, 2.24) is 25.4 Å². The minimum absolute atomic E-state index is 0.578. The Balaban J connectivity index is 1.53. The number of hydrogen-bond acceptors (Lipinski definition) is 5. The van der Waals surface area contributed by atoms with Crippen LogP contribution in [-0.4, -0.2) is 52.7 Å². The van der Waals surface area contributed by atoms with Crippen LogP contribution in [0.1, 0.15) is 17.6 Å². The van der Waals surface area contributed by atoms with E-state index in [-0.39, 0.29) is 0 Å². The third-order valence-electron chi connectivity index (χ3n) is 3.85. The molecule has 2 N–H and O–H groups in total. The summed E-state index contributed by atoms with van der Waals surface area (Å²) >= 11 is 1.79. The van der Waals surface area contributed by atoms with Gasteiger partial charge in [0.25, 0.3) is 0 Å². The predicted octanol–water partition coefficient (Wildman–Crippen LogP) is 2.81. The lowest BCUT2D eigenvalue weighted by Crippen LogP contribution is -2.40. The fraction of sp³-hybridized carbons (Fsp3) is 0.389. The first-order valence-corrected chi connectivity index (χ1v) is 9.61. The number of aromatic amines is 1. The van der Waals surface area contributed by atoms with E-state index in [4.69, 9.17) is 9.41 Å². The van der Waals surface area contributed by atoms with Crippen LogP contribution in [-0.2, 0) is 12.8 Å². The van der Waals surface area contributed by atoms with Crippen LogP contribution in [0.4, 0.5) is 0 Å². The molecule has 0 aliphatic carbocycles. The van der Waals surface area contributed by atoms with Gasteiger partial charge in [0, 0.05) is 38.0 Å². The lowest BCUT2D eigenvalue weighted by molar-refractivity contribution is 0.486. The highest BCUT2D eigenvalue weighted by atomic mass is 32.1. The molecule has 0 aliphatic heterocycles. The van der Waals surface area contributed by atoms with Crippen LogP contribution < -0.4 is 5.32 Å². The van der Waals surface area contributed by atoms with E-state index in [1.54, 1.807) is 17.6 Å². The number of furan rings is 1. The summed E-state index contributed by atoms with van der Waals surface area (Å²) in [5.74, 6) is 2.96. The van der Waals surface area contributed by atoms with Crippen molar-refractivity contribution < 1.29 is 4.42 Å². The van der Waals surface area contributed by atoms with Crippen molar-refractivity contribution in [2.45, 2.75) is 19.8 Å². The van der Waals surface area contributed by atoms with E-state index in [1.165, 1.54) is 4.88 Å². The first-order chi connectivity index (χ1) is 12.8. The number of thiophene rings is 1. The Morgan fingerprint density at radius 1 is 1.35 bits per heavy atom. The minimum Gasteiger partial charge on any atom is -0.461 e. The molecule has 0 atom stereocenters. The van der Waals surface area contributed by atoms with Gasteiger partial charge in [-0.15, -0.1) is 11.3 Å². The first kappa shape index (κ1) is 18.2. The zero-order valence-electron chi connectivity index (χ0n) is 15.1. The molecule has 0 spiro atoms. The normalized spacial score (nSPS) is 11.7. The largest absolute Gasteiger partial charge is 0.461 e. The Morgan fingerprint density at radius 2 is 2.27 bits per heavy atom. The number of rotatable bonds is 8. The molecule has 3 aromatic heterocycles. The van der Waals surface area contributed by atoms with Gasteiger partial charge in [0.05, 0.1) is 6.26 Å². The molecule has 3 heterocycles. The maximum Gasteiger partial charge on any atom is 0.216 e. The smallest absolute Gasteiger partial charge is 0.216 e. The fourth-order valence-electron chi connectivity index (χ4n) is 2.50. The van der Waals surface area contributed by atoms with Crippen molar-refractivity contribution >= 4 is 17.3 Å². The number of hydrogen-bond donors (Lipinski definition) is 2. The predicted molar refractivity (Wildman–Crippen MR) is 104 cm³/mol. The summed E-state index contributed by atoms with van der Waals surface area (Å²) in [5.41, 5.74) is 0. The highest BCUT2D eigenvalue weighted by Crippen LogP contribution is 2.14. The lowest BCUT2D eigenvalue weighted by atomic mass is 10.3. The maximum absolute atomic E-state index is 5.31. The van der Waals surface area contributed by atoms with Crippen molar-refractivity contribution in [3.63, 3.8) is 0 Å². The van der Waals surface area contributed by atoms with Gasteiger partial charge in [0.2, 0.25) is 5.82 Å². The summed E-state index contributed by atoms with van der Waals surface area (Å²) in [4.78, 5) is 12.7. The summed E-state index contributed by atoms with van der Waals surface area (Å²) in [7, 11) is 2.07. The van der Waals surface area contributed by atoms with E-state index in [9.17, 15) is 0 Å².